The summed E-state index contributed by atoms with van der Waals surface area (Å²) in [5.74, 6) is -0.725. The van der Waals surface area contributed by atoms with Crippen molar-refractivity contribution in [1.82, 2.24) is 4.90 Å². The summed E-state index contributed by atoms with van der Waals surface area (Å²) in [6.45, 7) is 5.03. The number of rotatable bonds is 2. The van der Waals surface area contributed by atoms with Crippen molar-refractivity contribution >= 4 is 0 Å². The van der Waals surface area contributed by atoms with Crippen LogP contribution in [-0.4, -0.2) is 22.1 Å². The van der Waals surface area contributed by atoms with Crippen LogP contribution in [0.4, 0.5) is 4.39 Å². The minimum absolute atomic E-state index is 0.197. The Labute approximate surface area is 102 Å². The summed E-state index contributed by atoms with van der Waals surface area (Å²) in [5, 5.41) is 9.70. The van der Waals surface area contributed by atoms with E-state index in [0.717, 1.165) is 0 Å². The number of hydrogen-bond donors (Lipinski definition) is 1. The quantitative estimate of drug-likeness (QED) is 0.853. The van der Waals surface area contributed by atoms with E-state index in [-0.39, 0.29) is 5.75 Å². The lowest BCUT2D eigenvalue weighted by atomic mass is 9.96. The largest absolute Gasteiger partial charge is 0.505 e. The van der Waals surface area contributed by atoms with Crippen LogP contribution < -0.4 is 0 Å². The Morgan fingerprint density at radius 1 is 1.29 bits per heavy atom. The Kier molecular flexibility index (Phi) is 3.67. The van der Waals surface area contributed by atoms with Crippen molar-refractivity contribution < 1.29 is 9.50 Å². The van der Waals surface area contributed by atoms with Crippen LogP contribution in [0.5, 0.6) is 5.75 Å². The molecule has 1 saturated heterocycles. The van der Waals surface area contributed by atoms with Gasteiger partial charge in [-0.25, -0.2) is 4.39 Å². The van der Waals surface area contributed by atoms with Crippen LogP contribution in [0.1, 0.15) is 38.7 Å². The fourth-order valence-electron chi connectivity index (χ4n) is 2.67. The van der Waals surface area contributed by atoms with E-state index in [9.17, 15) is 9.50 Å². The van der Waals surface area contributed by atoms with Crippen LogP contribution >= 0.6 is 0 Å². The van der Waals surface area contributed by atoms with E-state index in [1.807, 2.05) is 0 Å². The van der Waals surface area contributed by atoms with Crippen molar-refractivity contribution in [3.63, 3.8) is 0 Å². The summed E-state index contributed by atoms with van der Waals surface area (Å²) in [5.41, 5.74) is 0.686. The highest BCUT2D eigenvalue weighted by Gasteiger charge is 2.25. The topological polar surface area (TPSA) is 23.5 Å². The molecule has 1 aliphatic heterocycles. The number of hydrogen-bond acceptors (Lipinski definition) is 2. The highest BCUT2D eigenvalue weighted by atomic mass is 19.1. The lowest BCUT2D eigenvalue weighted by Gasteiger charge is -2.39. The van der Waals surface area contributed by atoms with Crippen molar-refractivity contribution in [2.24, 2.45) is 0 Å². The zero-order valence-electron chi connectivity index (χ0n) is 10.5. The van der Waals surface area contributed by atoms with Crippen LogP contribution in [0.25, 0.3) is 0 Å². The van der Waals surface area contributed by atoms with E-state index >= 15 is 0 Å². The van der Waals surface area contributed by atoms with E-state index in [1.165, 1.54) is 25.3 Å². The molecule has 2 nitrogen and oxygen atoms in total. The Balaban J connectivity index is 2.16. The lowest BCUT2D eigenvalue weighted by Crippen LogP contribution is -2.42. The molecule has 0 saturated carbocycles. The monoisotopic (exact) mass is 237 g/mol. The van der Waals surface area contributed by atoms with E-state index in [0.29, 0.717) is 24.2 Å². The molecule has 1 heterocycles. The third-order valence-corrected chi connectivity index (χ3v) is 3.80. The number of aromatic hydroxyl groups is 1. The number of halogens is 1. The molecular weight excluding hydrogens is 217 g/mol. The molecule has 0 unspecified atom stereocenters. The second kappa shape index (κ2) is 5.05. The summed E-state index contributed by atoms with van der Waals surface area (Å²) in [7, 11) is 0. The van der Waals surface area contributed by atoms with Crippen LogP contribution in [0.15, 0.2) is 18.2 Å². The molecule has 0 aromatic heterocycles. The second-order valence-corrected chi connectivity index (χ2v) is 5.05. The summed E-state index contributed by atoms with van der Waals surface area (Å²) in [6.07, 6.45) is 3.62. The van der Waals surface area contributed by atoms with Crippen molar-refractivity contribution in [3.05, 3.63) is 29.6 Å². The third kappa shape index (κ3) is 2.60. The predicted molar refractivity (Wildman–Crippen MR) is 66.4 cm³/mol. The molecule has 0 bridgehead atoms. The zero-order valence-corrected chi connectivity index (χ0v) is 10.5. The maximum absolute atomic E-state index is 13.3. The number of piperidine rings is 1. The number of para-hydroxylation sites is 1. The van der Waals surface area contributed by atoms with Gasteiger partial charge >= 0.3 is 0 Å². The number of benzene rings is 1. The Hall–Kier alpha value is -1.09. The van der Waals surface area contributed by atoms with Gasteiger partial charge in [-0.1, -0.05) is 18.6 Å². The summed E-state index contributed by atoms with van der Waals surface area (Å²) < 4.78 is 13.3. The first-order chi connectivity index (χ1) is 8.09. The smallest absolute Gasteiger partial charge is 0.165 e. The van der Waals surface area contributed by atoms with Crippen LogP contribution in [-0.2, 0) is 6.54 Å². The molecule has 94 valence electrons. The molecule has 0 radical (unpaired) electrons. The van der Waals surface area contributed by atoms with Crippen molar-refractivity contribution in [2.75, 3.05) is 0 Å². The Bertz CT molecular complexity index is 384. The van der Waals surface area contributed by atoms with Gasteiger partial charge in [-0.2, -0.15) is 0 Å². The van der Waals surface area contributed by atoms with Gasteiger partial charge < -0.3 is 5.11 Å². The van der Waals surface area contributed by atoms with Crippen molar-refractivity contribution in [3.8, 4) is 5.75 Å². The predicted octanol–water partition coefficient (Wildman–Crippen LogP) is 3.29. The normalized spacial score (nSPS) is 26.1. The standard InChI is InChI=1S/C14H20FNO/c1-10-5-3-6-11(2)16(10)9-12-7-4-8-13(15)14(12)17/h4,7-8,10-11,17H,3,5-6,9H2,1-2H3/t10-,11+. The van der Waals surface area contributed by atoms with Crippen LogP contribution in [0, 0.1) is 5.82 Å². The van der Waals surface area contributed by atoms with E-state index < -0.39 is 5.82 Å². The van der Waals surface area contributed by atoms with Gasteiger partial charge in [0.05, 0.1) is 0 Å². The van der Waals surface area contributed by atoms with Gasteiger partial charge in [0.2, 0.25) is 0 Å². The number of nitrogens with zero attached hydrogens (tertiary/aromatic N) is 1. The molecule has 1 fully saturated rings. The SMILES string of the molecule is C[C@@H]1CCC[C@H](C)N1Cc1cccc(F)c1O. The molecule has 1 aromatic rings. The maximum Gasteiger partial charge on any atom is 0.165 e. The fourth-order valence-corrected chi connectivity index (χ4v) is 2.67. The zero-order chi connectivity index (χ0) is 12.4. The molecule has 2 atom stereocenters. The number of likely N-dealkylation sites (tertiary alicyclic amines) is 1. The van der Waals surface area contributed by atoms with Crippen molar-refractivity contribution in [2.45, 2.75) is 51.7 Å². The van der Waals surface area contributed by atoms with Crippen LogP contribution in [0.3, 0.4) is 0 Å². The van der Waals surface area contributed by atoms with Gasteiger partial charge in [0.25, 0.3) is 0 Å². The number of phenolic OH excluding ortho intramolecular Hbond substituents is 1. The van der Waals surface area contributed by atoms with Gasteiger partial charge in [0, 0.05) is 24.2 Å². The first kappa shape index (κ1) is 12.4. The minimum Gasteiger partial charge on any atom is -0.505 e. The highest BCUT2D eigenvalue weighted by molar-refractivity contribution is 5.33. The molecule has 1 aliphatic rings. The molecule has 0 aliphatic carbocycles. The first-order valence-electron chi connectivity index (χ1n) is 6.31. The molecule has 3 heteroatoms. The lowest BCUT2D eigenvalue weighted by molar-refractivity contribution is 0.0941. The van der Waals surface area contributed by atoms with E-state index in [1.54, 1.807) is 12.1 Å². The minimum atomic E-state index is -0.528. The molecule has 17 heavy (non-hydrogen) atoms. The van der Waals surface area contributed by atoms with E-state index in [2.05, 4.69) is 18.7 Å². The average Bonchev–Trinajstić information content (AvgIpc) is 2.29. The van der Waals surface area contributed by atoms with Gasteiger partial charge in [-0.15, -0.1) is 0 Å². The Morgan fingerprint density at radius 3 is 2.59 bits per heavy atom. The fraction of sp³-hybridized carbons (Fsp3) is 0.571. The molecule has 2 rings (SSSR count). The molecule has 1 aromatic carbocycles. The van der Waals surface area contributed by atoms with Gasteiger partial charge in [-0.05, 0) is 32.8 Å². The first-order valence-corrected chi connectivity index (χ1v) is 6.31. The van der Waals surface area contributed by atoms with E-state index in [4.69, 9.17) is 0 Å². The summed E-state index contributed by atoms with van der Waals surface area (Å²) in [4.78, 5) is 2.35. The second-order valence-electron chi connectivity index (χ2n) is 5.05. The molecular formula is C14H20FNO. The molecule has 0 spiro atoms. The molecule has 1 N–H and O–H groups in total. The van der Waals surface area contributed by atoms with Crippen molar-refractivity contribution in [1.29, 1.82) is 0 Å². The molecule has 0 amide bonds. The average molecular weight is 237 g/mol. The van der Waals surface area contributed by atoms with Crippen LogP contribution in [0.2, 0.25) is 0 Å². The summed E-state index contributed by atoms with van der Waals surface area (Å²) in [6, 6.07) is 5.75. The van der Waals surface area contributed by atoms with Gasteiger partial charge in [-0.3, -0.25) is 4.90 Å². The van der Waals surface area contributed by atoms with Gasteiger partial charge in [0.1, 0.15) is 0 Å². The third-order valence-electron chi connectivity index (χ3n) is 3.80. The summed E-state index contributed by atoms with van der Waals surface area (Å²) >= 11 is 0. The highest BCUT2D eigenvalue weighted by Crippen LogP contribution is 2.28. The number of phenols is 1. The Morgan fingerprint density at radius 2 is 1.94 bits per heavy atom. The van der Waals surface area contributed by atoms with Gasteiger partial charge in [0.15, 0.2) is 11.6 Å². The maximum atomic E-state index is 13.3.